The van der Waals surface area contributed by atoms with Crippen LogP contribution in [-0.2, 0) is 0 Å². The second-order valence-corrected chi connectivity index (χ2v) is 5.21. The summed E-state index contributed by atoms with van der Waals surface area (Å²) >= 11 is 7.00. The van der Waals surface area contributed by atoms with Crippen LogP contribution in [0.15, 0.2) is 27.1 Å². The lowest BCUT2D eigenvalue weighted by molar-refractivity contribution is 0.417. The molecular formula is C12H12Br2N2O. The van der Waals surface area contributed by atoms with Gasteiger partial charge in [-0.2, -0.15) is 0 Å². The zero-order valence-corrected chi connectivity index (χ0v) is 12.7. The zero-order valence-electron chi connectivity index (χ0n) is 9.55. The second kappa shape index (κ2) is 5.23. The molecule has 17 heavy (non-hydrogen) atoms. The van der Waals surface area contributed by atoms with E-state index in [0.717, 1.165) is 38.0 Å². The van der Waals surface area contributed by atoms with Gasteiger partial charge in [-0.3, -0.25) is 0 Å². The van der Waals surface area contributed by atoms with E-state index in [0.29, 0.717) is 0 Å². The molecule has 90 valence electrons. The summed E-state index contributed by atoms with van der Waals surface area (Å²) in [7, 11) is 1.66. The predicted octanol–water partition coefficient (Wildman–Crippen LogP) is 4.20. The molecular weight excluding hydrogens is 348 g/mol. The van der Waals surface area contributed by atoms with Crippen LogP contribution in [0.4, 0.5) is 5.82 Å². The maximum absolute atomic E-state index is 5.38. The first-order valence-electron chi connectivity index (χ1n) is 5.24. The van der Waals surface area contributed by atoms with E-state index in [1.807, 2.05) is 25.1 Å². The number of halogens is 2. The average Bonchev–Trinajstić information content (AvgIpc) is 2.31. The van der Waals surface area contributed by atoms with Gasteiger partial charge < -0.3 is 10.1 Å². The molecule has 0 saturated carbocycles. The van der Waals surface area contributed by atoms with Gasteiger partial charge >= 0.3 is 0 Å². The molecule has 1 N–H and O–H groups in total. The first-order chi connectivity index (χ1) is 8.17. The molecule has 5 heteroatoms. The molecule has 0 aliphatic carbocycles. The molecule has 0 aliphatic heterocycles. The molecule has 2 rings (SSSR count). The lowest BCUT2D eigenvalue weighted by atomic mass is 10.2. The number of pyridine rings is 1. The Morgan fingerprint density at radius 3 is 2.71 bits per heavy atom. The topological polar surface area (TPSA) is 34.1 Å². The van der Waals surface area contributed by atoms with Crippen LogP contribution in [0.1, 0.15) is 6.92 Å². The van der Waals surface area contributed by atoms with Crippen LogP contribution < -0.4 is 10.1 Å². The SMILES string of the molecule is CCNc1ccc2c(OC)c(Br)cc(Br)c2n1. The van der Waals surface area contributed by atoms with Crippen molar-refractivity contribution in [3.05, 3.63) is 27.1 Å². The standard InChI is InChI=1S/C12H12Br2N2O/c1-3-15-10-5-4-7-11(16-10)8(13)6-9(14)12(7)17-2/h4-6H,3H2,1-2H3,(H,15,16). The minimum atomic E-state index is 0.804. The zero-order chi connectivity index (χ0) is 12.4. The van der Waals surface area contributed by atoms with Crippen molar-refractivity contribution in [2.24, 2.45) is 0 Å². The number of hydrogen-bond donors (Lipinski definition) is 1. The van der Waals surface area contributed by atoms with E-state index in [1.54, 1.807) is 7.11 Å². The van der Waals surface area contributed by atoms with Gasteiger partial charge in [0, 0.05) is 16.4 Å². The molecule has 2 aromatic rings. The Morgan fingerprint density at radius 1 is 1.29 bits per heavy atom. The molecule has 0 atom stereocenters. The molecule has 0 unspecified atom stereocenters. The second-order valence-electron chi connectivity index (χ2n) is 3.50. The summed E-state index contributed by atoms with van der Waals surface area (Å²) in [6.45, 7) is 2.90. The summed E-state index contributed by atoms with van der Waals surface area (Å²) in [6.07, 6.45) is 0. The Balaban J connectivity index is 2.69. The molecule has 1 heterocycles. The molecule has 0 radical (unpaired) electrons. The van der Waals surface area contributed by atoms with Crippen molar-refractivity contribution in [3.63, 3.8) is 0 Å². The molecule has 0 bridgehead atoms. The highest BCUT2D eigenvalue weighted by atomic mass is 79.9. The number of nitrogens with one attached hydrogen (secondary N) is 1. The minimum Gasteiger partial charge on any atom is -0.495 e. The van der Waals surface area contributed by atoms with Gasteiger partial charge in [0.05, 0.1) is 17.1 Å². The van der Waals surface area contributed by atoms with Gasteiger partial charge in [0.1, 0.15) is 11.6 Å². The van der Waals surface area contributed by atoms with Crippen LogP contribution >= 0.6 is 31.9 Å². The Hall–Kier alpha value is -0.810. The van der Waals surface area contributed by atoms with Crippen molar-refractivity contribution in [2.45, 2.75) is 6.92 Å². The highest BCUT2D eigenvalue weighted by Gasteiger charge is 2.11. The fourth-order valence-corrected chi connectivity index (χ4v) is 3.13. The Labute approximate surface area is 117 Å². The van der Waals surface area contributed by atoms with Crippen molar-refractivity contribution in [1.29, 1.82) is 0 Å². The van der Waals surface area contributed by atoms with Gasteiger partial charge in [-0.15, -0.1) is 0 Å². The molecule has 0 fully saturated rings. The fourth-order valence-electron chi connectivity index (χ4n) is 1.69. The number of anilines is 1. The van der Waals surface area contributed by atoms with Crippen LogP contribution in [0.5, 0.6) is 5.75 Å². The van der Waals surface area contributed by atoms with Crippen molar-refractivity contribution in [2.75, 3.05) is 19.0 Å². The molecule has 0 amide bonds. The van der Waals surface area contributed by atoms with Crippen LogP contribution in [0.2, 0.25) is 0 Å². The van der Waals surface area contributed by atoms with Gasteiger partial charge in [0.15, 0.2) is 0 Å². The third kappa shape index (κ3) is 2.40. The van der Waals surface area contributed by atoms with E-state index in [9.17, 15) is 0 Å². The van der Waals surface area contributed by atoms with Crippen molar-refractivity contribution in [1.82, 2.24) is 4.98 Å². The van der Waals surface area contributed by atoms with E-state index in [1.165, 1.54) is 0 Å². The van der Waals surface area contributed by atoms with Gasteiger partial charge in [0.2, 0.25) is 0 Å². The van der Waals surface area contributed by atoms with Gasteiger partial charge in [0.25, 0.3) is 0 Å². The Morgan fingerprint density at radius 2 is 2.06 bits per heavy atom. The van der Waals surface area contributed by atoms with Crippen molar-refractivity contribution >= 4 is 48.6 Å². The quantitative estimate of drug-likeness (QED) is 0.891. The smallest absolute Gasteiger partial charge is 0.142 e. The number of benzene rings is 1. The third-order valence-corrected chi connectivity index (χ3v) is 3.59. The highest BCUT2D eigenvalue weighted by Crippen LogP contribution is 2.37. The molecule has 0 saturated heterocycles. The first-order valence-corrected chi connectivity index (χ1v) is 6.82. The van der Waals surface area contributed by atoms with E-state index < -0.39 is 0 Å². The predicted molar refractivity (Wildman–Crippen MR) is 77.9 cm³/mol. The number of nitrogens with zero attached hydrogens (tertiary/aromatic N) is 1. The monoisotopic (exact) mass is 358 g/mol. The molecule has 0 aliphatic rings. The number of fused-ring (bicyclic) bond motifs is 1. The highest BCUT2D eigenvalue weighted by molar-refractivity contribution is 9.11. The Bertz CT molecular complexity index is 558. The molecule has 3 nitrogen and oxygen atoms in total. The summed E-state index contributed by atoms with van der Waals surface area (Å²) in [5.41, 5.74) is 0.892. The lowest BCUT2D eigenvalue weighted by Gasteiger charge is -2.10. The maximum atomic E-state index is 5.38. The van der Waals surface area contributed by atoms with E-state index >= 15 is 0 Å². The van der Waals surface area contributed by atoms with E-state index in [-0.39, 0.29) is 0 Å². The molecule has 1 aromatic carbocycles. The number of rotatable bonds is 3. The maximum Gasteiger partial charge on any atom is 0.142 e. The van der Waals surface area contributed by atoms with Crippen LogP contribution in [-0.4, -0.2) is 18.6 Å². The average molecular weight is 360 g/mol. The number of ether oxygens (including phenoxy) is 1. The summed E-state index contributed by atoms with van der Waals surface area (Å²) < 4.78 is 7.24. The molecule has 0 spiro atoms. The van der Waals surface area contributed by atoms with Crippen molar-refractivity contribution < 1.29 is 4.74 Å². The number of methoxy groups -OCH3 is 1. The van der Waals surface area contributed by atoms with Gasteiger partial charge in [-0.1, -0.05) is 0 Å². The van der Waals surface area contributed by atoms with Gasteiger partial charge in [-0.25, -0.2) is 4.98 Å². The Kier molecular flexibility index (Phi) is 3.89. The fraction of sp³-hybridized carbons (Fsp3) is 0.250. The lowest BCUT2D eigenvalue weighted by Crippen LogP contribution is -1.99. The van der Waals surface area contributed by atoms with E-state index in [2.05, 4.69) is 42.2 Å². The number of aromatic nitrogens is 1. The number of hydrogen-bond acceptors (Lipinski definition) is 3. The van der Waals surface area contributed by atoms with Crippen LogP contribution in [0.3, 0.4) is 0 Å². The van der Waals surface area contributed by atoms with E-state index in [4.69, 9.17) is 4.74 Å². The third-order valence-electron chi connectivity index (χ3n) is 2.40. The summed E-state index contributed by atoms with van der Waals surface area (Å²) in [4.78, 5) is 4.56. The van der Waals surface area contributed by atoms with Crippen molar-refractivity contribution in [3.8, 4) is 5.75 Å². The summed E-state index contributed by atoms with van der Waals surface area (Å²) in [6, 6.07) is 5.91. The van der Waals surface area contributed by atoms with Crippen LogP contribution in [0.25, 0.3) is 10.9 Å². The largest absolute Gasteiger partial charge is 0.495 e. The van der Waals surface area contributed by atoms with Crippen LogP contribution in [0, 0.1) is 0 Å². The van der Waals surface area contributed by atoms with Gasteiger partial charge in [-0.05, 0) is 57.0 Å². The summed E-state index contributed by atoms with van der Waals surface area (Å²) in [5.74, 6) is 1.67. The first kappa shape index (κ1) is 12.6. The molecule has 1 aromatic heterocycles. The minimum absolute atomic E-state index is 0.804. The summed E-state index contributed by atoms with van der Waals surface area (Å²) in [5, 5.41) is 4.18. The normalized spacial score (nSPS) is 10.6.